The van der Waals surface area contributed by atoms with Crippen molar-refractivity contribution in [3.05, 3.63) is 48.0 Å². The average molecular weight is 426 g/mol. The number of ether oxygens (including phenoxy) is 1. The SMILES string of the molecule is CCCCCCCOc1cccc(NCC(=O)Nc2cccc(NC(=O)CC)c2C)c1. The molecule has 0 unspecified atom stereocenters. The molecule has 2 aromatic carbocycles. The molecule has 0 heterocycles. The Hall–Kier alpha value is -3.02. The van der Waals surface area contributed by atoms with E-state index >= 15 is 0 Å². The summed E-state index contributed by atoms with van der Waals surface area (Å²) in [5.74, 6) is 0.580. The van der Waals surface area contributed by atoms with Crippen LogP contribution in [0.3, 0.4) is 0 Å². The molecule has 0 aliphatic rings. The molecule has 2 aromatic rings. The molecule has 2 rings (SSSR count). The van der Waals surface area contributed by atoms with E-state index in [2.05, 4.69) is 22.9 Å². The van der Waals surface area contributed by atoms with Crippen molar-refractivity contribution in [3.8, 4) is 5.75 Å². The Labute approximate surface area is 185 Å². The molecule has 0 bridgehead atoms. The fraction of sp³-hybridized carbons (Fsp3) is 0.440. The predicted octanol–water partition coefficient (Wildman–Crippen LogP) is 5.74. The van der Waals surface area contributed by atoms with Gasteiger partial charge in [-0.15, -0.1) is 0 Å². The zero-order valence-electron chi connectivity index (χ0n) is 18.9. The maximum atomic E-state index is 12.4. The number of hydrogen-bond acceptors (Lipinski definition) is 4. The van der Waals surface area contributed by atoms with Gasteiger partial charge in [0.05, 0.1) is 13.2 Å². The monoisotopic (exact) mass is 425 g/mol. The van der Waals surface area contributed by atoms with E-state index in [-0.39, 0.29) is 18.4 Å². The number of amides is 2. The number of rotatable bonds is 13. The second kappa shape index (κ2) is 13.3. The maximum Gasteiger partial charge on any atom is 0.243 e. The number of carbonyl (C=O) groups excluding carboxylic acids is 2. The van der Waals surface area contributed by atoms with E-state index in [1.807, 2.05) is 49.4 Å². The minimum atomic E-state index is -0.163. The van der Waals surface area contributed by atoms with Crippen LogP contribution in [0.5, 0.6) is 5.75 Å². The molecule has 0 radical (unpaired) electrons. The average Bonchev–Trinajstić information content (AvgIpc) is 2.77. The zero-order valence-corrected chi connectivity index (χ0v) is 18.9. The molecule has 0 aromatic heterocycles. The van der Waals surface area contributed by atoms with Crippen molar-refractivity contribution in [3.63, 3.8) is 0 Å². The van der Waals surface area contributed by atoms with Gasteiger partial charge in [-0.05, 0) is 43.2 Å². The summed E-state index contributed by atoms with van der Waals surface area (Å²) in [6.07, 6.45) is 6.42. The molecule has 0 atom stereocenters. The number of unbranched alkanes of at least 4 members (excludes halogenated alkanes) is 4. The van der Waals surface area contributed by atoms with Gasteiger partial charge in [0.1, 0.15) is 5.75 Å². The van der Waals surface area contributed by atoms with Crippen LogP contribution in [-0.2, 0) is 9.59 Å². The molecule has 3 N–H and O–H groups in total. The number of hydrogen-bond donors (Lipinski definition) is 3. The number of nitrogens with one attached hydrogen (secondary N) is 3. The van der Waals surface area contributed by atoms with Crippen molar-refractivity contribution in [2.24, 2.45) is 0 Å². The molecular weight excluding hydrogens is 390 g/mol. The lowest BCUT2D eigenvalue weighted by atomic mass is 10.1. The topological polar surface area (TPSA) is 79.5 Å². The second-order valence-electron chi connectivity index (χ2n) is 7.57. The third-order valence-corrected chi connectivity index (χ3v) is 5.01. The summed E-state index contributed by atoms with van der Waals surface area (Å²) in [5.41, 5.74) is 3.05. The first-order valence-corrected chi connectivity index (χ1v) is 11.2. The minimum Gasteiger partial charge on any atom is -0.494 e. The summed E-state index contributed by atoms with van der Waals surface area (Å²) in [7, 11) is 0. The van der Waals surface area contributed by atoms with Gasteiger partial charge in [-0.3, -0.25) is 9.59 Å². The van der Waals surface area contributed by atoms with Crippen LogP contribution in [0.1, 0.15) is 57.9 Å². The molecule has 0 saturated carbocycles. The van der Waals surface area contributed by atoms with E-state index in [9.17, 15) is 9.59 Å². The van der Waals surface area contributed by atoms with Crippen LogP contribution >= 0.6 is 0 Å². The first-order chi connectivity index (χ1) is 15.0. The van der Waals surface area contributed by atoms with Gasteiger partial charge in [0.2, 0.25) is 11.8 Å². The highest BCUT2D eigenvalue weighted by Gasteiger charge is 2.09. The molecule has 168 valence electrons. The Bertz CT molecular complexity index is 852. The van der Waals surface area contributed by atoms with Crippen molar-refractivity contribution < 1.29 is 14.3 Å². The van der Waals surface area contributed by atoms with Gasteiger partial charge in [0.15, 0.2) is 0 Å². The second-order valence-corrected chi connectivity index (χ2v) is 7.57. The van der Waals surface area contributed by atoms with E-state index in [0.717, 1.165) is 23.4 Å². The highest BCUT2D eigenvalue weighted by molar-refractivity contribution is 5.97. The third-order valence-electron chi connectivity index (χ3n) is 5.01. The van der Waals surface area contributed by atoms with Crippen LogP contribution in [0.2, 0.25) is 0 Å². The van der Waals surface area contributed by atoms with Gasteiger partial charge in [-0.25, -0.2) is 0 Å². The molecule has 0 aliphatic heterocycles. The van der Waals surface area contributed by atoms with Crippen LogP contribution < -0.4 is 20.7 Å². The van der Waals surface area contributed by atoms with Gasteiger partial charge in [-0.2, -0.15) is 0 Å². The Morgan fingerprint density at radius 2 is 1.55 bits per heavy atom. The van der Waals surface area contributed by atoms with Gasteiger partial charge in [0, 0.05) is 29.5 Å². The van der Waals surface area contributed by atoms with E-state index in [1.165, 1.54) is 25.7 Å². The molecule has 0 fully saturated rings. The number of anilines is 3. The lowest BCUT2D eigenvalue weighted by Gasteiger charge is -2.14. The molecule has 31 heavy (non-hydrogen) atoms. The Morgan fingerprint density at radius 3 is 2.26 bits per heavy atom. The van der Waals surface area contributed by atoms with Crippen molar-refractivity contribution >= 4 is 28.9 Å². The number of carbonyl (C=O) groups is 2. The summed E-state index contributed by atoms with van der Waals surface area (Å²) in [4.78, 5) is 24.1. The Kier molecular flexibility index (Phi) is 10.4. The fourth-order valence-electron chi connectivity index (χ4n) is 3.11. The predicted molar refractivity (Wildman–Crippen MR) is 128 cm³/mol. The summed E-state index contributed by atoms with van der Waals surface area (Å²) in [6, 6.07) is 13.1. The van der Waals surface area contributed by atoms with Crippen LogP contribution in [0, 0.1) is 6.92 Å². The lowest BCUT2D eigenvalue weighted by molar-refractivity contribution is -0.116. The molecule has 0 aliphatic carbocycles. The smallest absolute Gasteiger partial charge is 0.243 e. The maximum absolute atomic E-state index is 12.4. The van der Waals surface area contributed by atoms with E-state index in [4.69, 9.17) is 4.74 Å². The van der Waals surface area contributed by atoms with E-state index < -0.39 is 0 Å². The van der Waals surface area contributed by atoms with Crippen molar-refractivity contribution in [1.29, 1.82) is 0 Å². The number of benzene rings is 2. The van der Waals surface area contributed by atoms with Crippen LogP contribution in [-0.4, -0.2) is 25.0 Å². The fourth-order valence-corrected chi connectivity index (χ4v) is 3.11. The minimum absolute atomic E-state index is 0.0590. The zero-order chi connectivity index (χ0) is 22.5. The van der Waals surface area contributed by atoms with Crippen LogP contribution in [0.4, 0.5) is 17.1 Å². The standard InChI is InChI=1S/C25H35N3O3/c1-4-6-7-8-9-16-31-21-13-10-12-20(17-21)26-18-25(30)28-23-15-11-14-22(19(23)3)27-24(29)5-2/h10-15,17,26H,4-9,16,18H2,1-3H3,(H,27,29)(H,28,30). The molecular formula is C25H35N3O3. The molecule has 6 nitrogen and oxygen atoms in total. The van der Waals surface area contributed by atoms with Gasteiger partial charge < -0.3 is 20.7 Å². The lowest BCUT2D eigenvalue weighted by Crippen LogP contribution is -2.22. The third kappa shape index (κ3) is 8.70. The quantitative estimate of drug-likeness (QED) is 0.357. The first kappa shape index (κ1) is 24.3. The summed E-state index contributed by atoms with van der Waals surface area (Å²) >= 11 is 0. The van der Waals surface area contributed by atoms with Crippen molar-refractivity contribution in [1.82, 2.24) is 0 Å². The van der Waals surface area contributed by atoms with Gasteiger partial charge in [0.25, 0.3) is 0 Å². The largest absolute Gasteiger partial charge is 0.494 e. The Balaban J connectivity index is 1.82. The summed E-state index contributed by atoms with van der Waals surface area (Å²) in [6.45, 7) is 6.72. The highest BCUT2D eigenvalue weighted by Crippen LogP contribution is 2.23. The van der Waals surface area contributed by atoms with Crippen LogP contribution in [0.25, 0.3) is 0 Å². The van der Waals surface area contributed by atoms with Crippen molar-refractivity contribution in [2.45, 2.75) is 59.3 Å². The summed E-state index contributed by atoms with van der Waals surface area (Å²) in [5, 5.41) is 8.89. The van der Waals surface area contributed by atoms with Gasteiger partial charge in [-0.1, -0.05) is 51.7 Å². The van der Waals surface area contributed by atoms with E-state index in [0.29, 0.717) is 24.4 Å². The summed E-state index contributed by atoms with van der Waals surface area (Å²) < 4.78 is 5.82. The molecule has 0 spiro atoms. The molecule has 2 amide bonds. The van der Waals surface area contributed by atoms with E-state index in [1.54, 1.807) is 6.92 Å². The normalized spacial score (nSPS) is 10.4. The highest BCUT2D eigenvalue weighted by atomic mass is 16.5. The molecule has 0 saturated heterocycles. The molecule has 6 heteroatoms. The van der Waals surface area contributed by atoms with Crippen LogP contribution in [0.15, 0.2) is 42.5 Å². The first-order valence-electron chi connectivity index (χ1n) is 11.2. The Morgan fingerprint density at radius 1 is 0.871 bits per heavy atom. The van der Waals surface area contributed by atoms with Crippen molar-refractivity contribution in [2.75, 3.05) is 29.1 Å². The van der Waals surface area contributed by atoms with Gasteiger partial charge >= 0.3 is 0 Å².